The van der Waals surface area contributed by atoms with Gasteiger partial charge in [0.05, 0.1) is 6.54 Å². The molecular formula is C18H20N2O. The highest BCUT2D eigenvalue weighted by atomic mass is 16.2. The Morgan fingerprint density at radius 2 is 1.81 bits per heavy atom. The molecule has 108 valence electrons. The van der Waals surface area contributed by atoms with E-state index in [1.165, 1.54) is 16.8 Å². The number of carbonyl (C=O) groups excluding carboxylic acids is 1. The van der Waals surface area contributed by atoms with Crippen molar-refractivity contribution < 1.29 is 4.79 Å². The second-order valence-electron chi connectivity index (χ2n) is 5.39. The fourth-order valence-corrected chi connectivity index (χ4v) is 2.79. The van der Waals surface area contributed by atoms with Gasteiger partial charge in [-0.2, -0.15) is 0 Å². The largest absolute Gasteiger partial charge is 0.362 e. The van der Waals surface area contributed by atoms with E-state index in [9.17, 15) is 4.79 Å². The van der Waals surface area contributed by atoms with Gasteiger partial charge in [0.2, 0.25) is 5.91 Å². The lowest BCUT2D eigenvalue weighted by Crippen LogP contribution is -2.37. The third-order valence-corrected chi connectivity index (χ3v) is 3.90. The summed E-state index contributed by atoms with van der Waals surface area (Å²) >= 11 is 0. The number of nitrogens with one attached hydrogen (secondary N) is 1. The molecule has 1 N–H and O–H groups in total. The second-order valence-corrected chi connectivity index (χ2v) is 5.39. The summed E-state index contributed by atoms with van der Waals surface area (Å²) in [5.41, 5.74) is 3.80. The standard InChI is InChI=1S/C18H20N2O/c21-18(19-12-10-15-6-2-1-3-7-15)14-20-13-11-16-8-4-5-9-17(16)20/h1-9H,10-14H2,(H,19,21). The van der Waals surface area contributed by atoms with Crippen molar-refractivity contribution in [3.05, 3.63) is 65.7 Å². The second kappa shape index (κ2) is 6.44. The van der Waals surface area contributed by atoms with Gasteiger partial charge in [0.25, 0.3) is 0 Å². The molecule has 0 bridgehead atoms. The molecule has 21 heavy (non-hydrogen) atoms. The Hall–Kier alpha value is -2.29. The maximum absolute atomic E-state index is 12.0. The lowest BCUT2D eigenvalue weighted by atomic mass is 10.1. The number of benzene rings is 2. The van der Waals surface area contributed by atoms with Gasteiger partial charge < -0.3 is 10.2 Å². The molecule has 3 rings (SSSR count). The third-order valence-electron chi connectivity index (χ3n) is 3.90. The Balaban J connectivity index is 1.47. The highest BCUT2D eigenvalue weighted by Gasteiger charge is 2.20. The average molecular weight is 280 g/mol. The van der Waals surface area contributed by atoms with E-state index in [0.717, 1.165) is 19.4 Å². The van der Waals surface area contributed by atoms with Crippen LogP contribution in [0.25, 0.3) is 0 Å². The number of carbonyl (C=O) groups is 1. The van der Waals surface area contributed by atoms with Crippen LogP contribution >= 0.6 is 0 Å². The van der Waals surface area contributed by atoms with Gasteiger partial charge in [-0.1, -0.05) is 48.5 Å². The van der Waals surface area contributed by atoms with Crippen LogP contribution in [0.4, 0.5) is 5.69 Å². The Morgan fingerprint density at radius 1 is 1.05 bits per heavy atom. The van der Waals surface area contributed by atoms with E-state index in [1.54, 1.807) is 0 Å². The third kappa shape index (κ3) is 3.43. The SMILES string of the molecule is O=C(CN1CCc2ccccc21)NCCc1ccccc1. The predicted molar refractivity (Wildman–Crippen MR) is 85.5 cm³/mol. The Labute approximate surface area is 125 Å². The molecule has 0 aromatic heterocycles. The van der Waals surface area contributed by atoms with Gasteiger partial charge in [-0.25, -0.2) is 0 Å². The fourth-order valence-electron chi connectivity index (χ4n) is 2.79. The Kier molecular flexibility index (Phi) is 4.20. The zero-order chi connectivity index (χ0) is 14.5. The number of amides is 1. The zero-order valence-electron chi connectivity index (χ0n) is 12.1. The summed E-state index contributed by atoms with van der Waals surface area (Å²) in [5, 5.41) is 3.01. The van der Waals surface area contributed by atoms with Crippen LogP contribution in [-0.2, 0) is 17.6 Å². The highest BCUT2D eigenvalue weighted by Crippen LogP contribution is 2.26. The van der Waals surface area contributed by atoms with E-state index in [4.69, 9.17) is 0 Å². The Bertz CT molecular complexity index is 610. The van der Waals surface area contributed by atoms with Crippen molar-refractivity contribution >= 4 is 11.6 Å². The molecule has 0 saturated heterocycles. The number of para-hydroxylation sites is 1. The molecule has 1 heterocycles. The number of hydrogen-bond donors (Lipinski definition) is 1. The molecule has 2 aromatic carbocycles. The van der Waals surface area contributed by atoms with E-state index in [0.29, 0.717) is 13.1 Å². The summed E-state index contributed by atoms with van der Waals surface area (Å²) in [4.78, 5) is 14.2. The van der Waals surface area contributed by atoms with Gasteiger partial charge >= 0.3 is 0 Å². The quantitative estimate of drug-likeness (QED) is 0.912. The molecule has 0 spiro atoms. The first-order valence-corrected chi connectivity index (χ1v) is 7.46. The maximum atomic E-state index is 12.0. The number of fused-ring (bicyclic) bond motifs is 1. The summed E-state index contributed by atoms with van der Waals surface area (Å²) in [7, 11) is 0. The molecule has 0 radical (unpaired) electrons. The van der Waals surface area contributed by atoms with Gasteiger partial charge in [0.15, 0.2) is 0 Å². The van der Waals surface area contributed by atoms with Gasteiger partial charge in [0.1, 0.15) is 0 Å². The highest BCUT2D eigenvalue weighted by molar-refractivity contribution is 5.82. The maximum Gasteiger partial charge on any atom is 0.239 e. The normalized spacial score (nSPS) is 13.0. The van der Waals surface area contributed by atoms with Gasteiger partial charge in [-0.05, 0) is 30.0 Å². The van der Waals surface area contributed by atoms with E-state index >= 15 is 0 Å². The topological polar surface area (TPSA) is 32.3 Å². The number of rotatable bonds is 5. The van der Waals surface area contributed by atoms with Crippen LogP contribution in [0.2, 0.25) is 0 Å². The average Bonchev–Trinajstić information content (AvgIpc) is 2.92. The number of nitrogens with zero attached hydrogens (tertiary/aromatic N) is 1. The molecule has 1 aliphatic rings. The van der Waals surface area contributed by atoms with E-state index in [2.05, 4.69) is 40.5 Å². The predicted octanol–water partition coefficient (Wildman–Crippen LogP) is 2.41. The molecule has 2 aromatic rings. The molecular weight excluding hydrogens is 260 g/mol. The minimum atomic E-state index is 0.0997. The summed E-state index contributed by atoms with van der Waals surface area (Å²) < 4.78 is 0. The van der Waals surface area contributed by atoms with E-state index in [1.807, 2.05) is 24.3 Å². The minimum Gasteiger partial charge on any atom is -0.362 e. The molecule has 1 amide bonds. The summed E-state index contributed by atoms with van der Waals surface area (Å²) in [5.74, 6) is 0.0997. The van der Waals surface area contributed by atoms with Gasteiger partial charge in [0, 0.05) is 18.8 Å². The molecule has 3 nitrogen and oxygen atoms in total. The van der Waals surface area contributed by atoms with Crippen LogP contribution in [0.15, 0.2) is 54.6 Å². The van der Waals surface area contributed by atoms with E-state index in [-0.39, 0.29) is 5.91 Å². The first-order valence-electron chi connectivity index (χ1n) is 7.46. The van der Waals surface area contributed by atoms with Crippen molar-refractivity contribution in [1.82, 2.24) is 5.32 Å². The first-order chi connectivity index (χ1) is 10.3. The first kappa shape index (κ1) is 13.7. The van der Waals surface area contributed by atoms with Crippen molar-refractivity contribution in [1.29, 1.82) is 0 Å². The molecule has 1 aliphatic heterocycles. The smallest absolute Gasteiger partial charge is 0.239 e. The summed E-state index contributed by atoms with van der Waals surface area (Å²) in [6, 6.07) is 18.6. The molecule has 3 heteroatoms. The molecule has 0 saturated carbocycles. The van der Waals surface area contributed by atoms with Crippen molar-refractivity contribution in [2.45, 2.75) is 12.8 Å². The monoisotopic (exact) mass is 280 g/mol. The van der Waals surface area contributed by atoms with Crippen molar-refractivity contribution in [3.63, 3.8) is 0 Å². The minimum absolute atomic E-state index is 0.0997. The Morgan fingerprint density at radius 3 is 2.67 bits per heavy atom. The summed E-state index contributed by atoms with van der Waals surface area (Å²) in [6.45, 7) is 2.08. The number of hydrogen-bond acceptors (Lipinski definition) is 2. The molecule has 0 fully saturated rings. The molecule has 0 unspecified atom stereocenters. The van der Waals surface area contributed by atoms with Crippen molar-refractivity contribution in [2.24, 2.45) is 0 Å². The van der Waals surface area contributed by atoms with Crippen LogP contribution in [0.3, 0.4) is 0 Å². The van der Waals surface area contributed by atoms with Crippen LogP contribution in [0, 0.1) is 0 Å². The van der Waals surface area contributed by atoms with Gasteiger partial charge in [-0.15, -0.1) is 0 Å². The fraction of sp³-hybridized carbons (Fsp3) is 0.278. The molecule has 0 atom stereocenters. The van der Waals surface area contributed by atoms with E-state index < -0.39 is 0 Å². The zero-order valence-corrected chi connectivity index (χ0v) is 12.1. The van der Waals surface area contributed by atoms with Crippen LogP contribution in [0.5, 0.6) is 0 Å². The lowest BCUT2D eigenvalue weighted by Gasteiger charge is -2.18. The van der Waals surface area contributed by atoms with Crippen molar-refractivity contribution in [2.75, 3.05) is 24.5 Å². The van der Waals surface area contributed by atoms with Crippen molar-refractivity contribution in [3.8, 4) is 0 Å². The van der Waals surface area contributed by atoms with Crippen LogP contribution in [-0.4, -0.2) is 25.5 Å². The van der Waals surface area contributed by atoms with Crippen LogP contribution < -0.4 is 10.2 Å². The van der Waals surface area contributed by atoms with Crippen LogP contribution in [0.1, 0.15) is 11.1 Å². The number of anilines is 1. The van der Waals surface area contributed by atoms with Gasteiger partial charge in [-0.3, -0.25) is 4.79 Å². The molecule has 0 aliphatic carbocycles. The summed E-state index contributed by atoms with van der Waals surface area (Å²) in [6.07, 6.45) is 1.91. The lowest BCUT2D eigenvalue weighted by molar-refractivity contribution is -0.119.